The van der Waals surface area contributed by atoms with E-state index in [2.05, 4.69) is 20.3 Å². The Morgan fingerprint density at radius 1 is 1.36 bits per heavy atom. The highest BCUT2D eigenvalue weighted by Gasteiger charge is 2.57. The van der Waals surface area contributed by atoms with E-state index in [-0.39, 0.29) is 29.3 Å². The van der Waals surface area contributed by atoms with E-state index in [4.69, 9.17) is 0 Å². The third kappa shape index (κ3) is 3.04. The number of imidazole rings is 1. The molecule has 0 aromatic carbocycles. The van der Waals surface area contributed by atoms with Crippen LogP contribution in [0.5, 0.6) is 0 Å². The lowest BCUT2D eigenvalue weighted by Gasteiger charge is -2.29. The molecule has 1 saturated heterocycles. The molecular formula is C19H22N6O2S. The van der Waals surface area contributed by atoms with Crippen molar-refractivity contribution in [1.82, 2.24) is 29.6 Å². The van der Waals surface area contributed by atoms with E-state index in [1.165, 1.54) is 0 Å². The molecule has 2 N–H and O–H groups in total. The SMILES string of the molecule is O=C(Cc1cnc2c(=O)[nH]ccn12)N(Cc1nccs1)C1CC12CCNCC2. The summed E-state index contributed by atoms with van der Waals surface area (Å²) in [5.41, 5.74) is 1.05. The summed E-state index contributed by atoms with van der Waals surface area (Å²) in [5, 5.41) is 6.32. The van der Waals surface area contributed by atoms with Gasteiger partial charge in [0.2, 0.25) is 11.6 Å². The number of carbonyl (C=O) groups is 1. The first-order valence-corrected chi connectivity index (χ1v) is 10.5. The second-order valence-electron chi connectivity index (χ2n) is 7.69. The van der Waals surface area contributed by atoms with Crippen LogP contribution in [0.2, 0.25) is 0 Å². The summed E-state index contributed by atoms with van der Waals surface area (Å²) in [6, 6.07) is 0.272. The lowest BCUT2D eigenvalue weighted by atomic mass is 9.93. The van der Waals surface area contributed by atoms with Gasteiger partial charge in [-0.15, -0.1) is 11.3 Å². The molecule has 1 saturated carbocycles. The summed E-state index contributed by atoms with van der Waals surface area (Å²) in [7, 11) is 0. The Bertz CT molecular complexity index is 1050. The molecule has 146 valence electrons. The van der Waals surface area contributed by atoms with Crippen LogP contribution in [0.4, 0.5) is 0 Å². The fraction of sp³-hybridized carbons (Fsp3) is 0.474. The number of thiazole rings is 1. The zero-order valence-electron chi connectivity index (χ0n) is 15.4. The highest BCUT2D eigenvalue weighted by Crippen LogP contribution is 2.56. The zero-order valence-corrected chi connectivity index (χ0v) is 16.2. The Morgan fingerprint density at radius 2 is 2.21 bits per heavy atom. The van der Waals surface area contributed by atoms with E-state index >= 15 is 0 Å². The number of aromatic nitrogens is 4. The van der Waals surface area contributed by atoms with Gasteiger partial charge < -0.3 is 15.2 Å². The maximum absolute atomic E-state index is 13.3. The number of hydrogen-bond donors (Lipinski definition) is 2. The molecule has 3 aromatic rings. The number of rotatable bonds is 5. The van der Waals surface area contributed by atoms with Gasteiger partial charge in [0.05, 0.1) is 18.7 Å². The van der Waals surface area contributed by atoms with Crippen LogP contribution < -0.4 is 10.9 Å². The van der Waals surface area contributed by atoms with Crippen LogP contribution in [-0.4, -0.2) is 49.3 Å². The van der Waals surface area contributed by atoms with E-state index in [1.807, 2.05) is 10.3 Å². The normalized spacial score (nSPS) is 20.5. The summed E-state index contributed by atoms with van der Waals surface area (Å²) in [6.45, 7) is 2.59. The molecule has 28 heavy (non-hydrogen) atoms. The van der Waals surface area contributed by atoms with Crippen molar-refractivity contribution in [2.75, 3.05) is 13.1 Å². The second kappa shape index (κ2) is 6.82. The number of fused-ring (bicyclic) bond motifs is 1. The standard InChI is InChI=1S/C19H22N6O2S/c26-16(9-13-11-23-17-18(27)22-5-7-24(13)17)25(12-15-21-6-8-28-15)14-10-19(14)1-3-20-4-2-19/h5-8,11,14,20H,1-4,9-10,12H2,(H,22,27). The average Bonchev–Trinajstić information content (AvgIpc) is 3.06. The van der Waals surface area contributed by atoms with Gasteiger partial charge in [0, 0.05) is 36.2 Å². The second-order valence-corrected chi connectivity index (χ2v) is 8.67. The molecule has 9 heteroatoms. The first-order chi connectivity index (χ1) is 13.7. The van der Waals surface area contributed by atoms with E-state index in [1.54, 1.807) is 40.5 Å². The number of nitrogens with zero attached hydrogens (tertiary/aromatic N) is 4. The van der Waals surface area contributed by atoms with E-state index in [9.17, 15) is 9.59 Å². The summed E-state index contributed by atoms with van der Waals surface area (Å²) < 4.78 is 1.70. The van der Waals surface area contributed by atoms with Crippen molar-refractivity contribution in [3.05, 3.63) is 51.2 Å². The first-order valence-electron chi connectivity index (χ1n) is 9.58. The minimum atomic E-state index is -0.253. The van der Waals surface area contributed by atoms with Crippen LogP contribution in [0.1, 0.15) is 30.0 Å². The van der Waals surface area contributed by atoms with Crippen LogP contribution in [0.15, 0.2) is 35.0 Å². The predicted molar refractivity (Wildman–Crippen MR) is 105 cm³/mol. The minimum absolute atomic E-state index is 0.0673. The zero-order chi connectivity index (χ0) is 19.1. The number of amides is 1. The van der Waals surface area contributed by atoms with Crippen LogP contribution in [0, 0.1) is 5.41 Å². The number of nitrogens with one attached hydrogen (secondary N) is 2. The molecule has 0 bridgehead atoms. The van der Waals surface area contributed by atoms with E-state index in [0.29, 0.717) is 12.2 Å². The number of carbonyl (C=O) groups excluding carboxylic acids is 1. The summed E-state index contributed by atoms with van der Waals surface area (Å²) in [6.07, 6.45) is 10.2. The van der Waals surface area contributed by atoms with Gasteiger partial charge in [-0.1, -0.05) is 0 Å². The molecule has 2 fully saturated rings. The van der Waals surface area contributed by atoms with Crippen molar-refractivity contribution in [2.45, 2.75) is 38.3 Å². The average molecular weight is 398 g/mol. The summed E-state index contributed by atoms with van der Waals surface area (Å²) in [4.78, 5) is 38.4. The molecule has 1 atom stereocenters. The largest absolute Gasteiger partial charge is 0.332 e. The number of aromatic amines is 1. The van der Waals surface area contributed by atoms with Crippen LogP contribution >= 0.6 is 11.3 Å². The van der Waals surface area contributed by atoms with Gasteiger partial charge in [0.1, 0.15) is 5.01 Å². The lowest BCUT2D eigenvalue weighted by molar-refractivity contribution is -0.132. The van der Waals surface area contributed by atoms with Crippen molar-refractivity contribution in [2.24, 2.45) is 5.41 Å². The van der Waals surface area contributed by atoms with Gasteiger partial charge in [-0.2, -0.15) is 0 Å². The monoisotopic (exact) mass is 398 g/mol. The molecule has 1 aliphatic carbocycles. The van der Waals surface area contributed by atoms with Gasteiger partial charge in [-0.05, 0) is 37.8 Å². The Morgan fingerprint density at radius 3 is 3.00 bits per heavy atom. The van der Waals surface area contributed by atoms with Crippen LogP contribution in [0.3, 0.4) is 0 Å². The summed E-state index contributed by atoms with van der Waals surface area (Å²) >= 11 is 1.58. The summed E-state index contributed by atoms with van der Waals surface area (Å²) in [5.74, 6) is 0.0673. The highest BCUT2D eigenvalue weighted by molar-refractivity contribution is 7.09. The third-order valence-corrected chi connectivity index (χ3v) is 6.84. The van der Waals surface area contributed by atoms with Crippen molar-refractivity contribution < 1.29 is 4.79 Å². The van der Waals surface area contributed by atoms with Gasteiger partial charge in [-0.25, -0.2) is 9.97 Å². The first kappa shape index (κ1) is 17.6. The Labute approximate surface area is 165 Å². The number of hydrogen-bond acceptors (Lipinski definition) is 6. The van der Waals surface area contributed by atoms with Crippen LogP contribution in [0.25, 0.3) is 5.65 Å². The van der Waals surface area contributed by atoms with Crippen molar-refractivity contribution in [3.8, 4) is 0 Å². The van der Waals surface area contributed by atoms with Gasteiger partial charge >= 0.3 is 0 Å². The number of piperidine rings is 1. The molecule has 4 heterocycles. The third-order valence-electron chi connectivity index (χ3n) is 6.08. The highest BCUT2D eigenvalue weighted by atomic mass is 32.1. The van der Waals surface area contributed by atoms with Crippen LogP contribution in [-0.2, 0) is 17.8 Å². The Balaban J connectivity index is 1.41. The molecule has 0 radical (unpaired) electrons. The molecule has 1 unspecified atom stereocenters. The molecule has 3 aromatic heterocycles. The molecule has 1 aliphatic heterocycles. The molecule has 1 spiro atoms. The van der Waals surface area contributed by atoms with Gasteiger partial charge in [-0.3, -0.25) is 14.0 Å². The lowest BCUT2D eigenvalue weighted by Crippen LogP contribution is -2.39. The van der Waals surface area contributed by atoms with Gasteiger partial charge in [0.25, 0.3) is 5.56 Å². The minimum Gasteiger partial charge on any atom is -0.332 e. The van der Waals surface area contributed by atoms with Crippen molar-refractivity contribution in [3.63, 3.8) is 0 Å². The number of H-pyrrole nitrogens is 1. The molecule has 5 rings (SSSR count). The van der Waals surface area contributed by atoms with Crippen molar-refractivity contribution >= 4 is 22.9 Å². The predicted octanol–water partition coefficient (Wildman–Crippen LogP) is 1.19. The van der Waals surface area contributed by atoms with Gasteiger partial charge in [0.15, 0.2) is 0 Å². The Kier molecular flexibility index (Phi) is 4.28. The molecule has 1 amide bonds. The smallest absolute Gasteiger partial charge is 0.291 e. The fourth-order valence-corrected chi connectivity index (χ4v) is 5.06. The fourth-order valence-electron chi connectivity index (χ4n) is 4.45. The molecular weight excluding hydrogens is 376 g/mol. The van der Waals surface area contributed by atoms with E-state index in [0.717, 1.165) is 43.1 Å². The maximum atomic E-state index is 13.3. The topological polar surface area (TPSA) is 95.4 Å². The molecule has 2 aliphatic rings. The quantitative estimate of drug-likeness (QED) is 0.673. The Hall–Kier alpha value is -2.52. The molecule has 8 nitrogen and oxygen atoms in total. The maximum Gasteiger partial charge on any atom is 0.291 e. The van der Waals surface area contributed by atoms with Crippen molar-refractivity contribution in [1.29, 1.82) is 0 Å². The van der Waals surface area contributed by atoms with E-state index < -0.39 is 0 Å².